The third kappa shape index (κ3) is 7.94. The van der Waals surface area contributed by atoms with Crippen molar-refractivity contribution in [1.82, 2.24) is 9.88 Å². The number of aromatic nitrogens is 1. The van der Waals surface area contributed by atoms with Crippen molar-refractivity contribution in [2.24, 2.45) is 5.14 Å². The van der Waals surface area contributed by atoms with E-state index in [4.69, 9.17) is 24.5 Å². The fraction of sp³-hybridized carbons (Fsp3) is 0.444. The zero-order chi connectivity index (χ0) is 24.1. The summed E-state index contributed by atoms with van der Waals surface area (Å²) in [6.45, 7) is 3.29. The van der Waals surface area contributed by atoms with Crippen molar-refractivity contribution in [3.63, 3.8) is 0 Å². The molecule has 14 heteroatoms. The minimum atomic E-state index is -3.91. The highest BCUT2D eigenvalue weighted by atomic mass is 32.2. The van der Waals surface area contributed by atoms with Crippen molar-refractivity contribution in [1.29, 1.82) is 0 Å². The monoisotopic (exact) mass is 489 g/mol. The van der Waals surface area contributed by atoms with Gasteiger partial charge in [-0.25, -0.2) is 23.3 Å². The van der Waals surface area contributed by atoms with Crippen LogP contribution < -0.4 is 9.88 Å². The Bertz CT molecular complexity index is 1110. The molecule has 0 bridgehead atoms. The first kappa shape index (κ1) is 25.3. The van der Waals surface area contributed by atoms with Gasteiger partial charge < -0.3 is 19.3 Å². The maximum Gasteiger partial charge on any atom is 0.411 e. The summed E-state index contributed by atoms with van der Waals surface area (Å²) < 4.78 is 38.6. The zero-order valence-electron chi connectivity index (χ0n) is 17.6. The van der Waals surface area contributed by atoms with Gasteiger partial charge in [0.25, 0.3) is 10.0 Å². The summed E-state index contributed by atoms with van der Waals surface area (Å²) in [4.78, 5) is 39.7. The van der Waals surface area contributed by atoms with Crippen molar-refractivity contribution < 1.29 is 42.1 Å². The molecule has 0 saturated carbocycles. The Morgan fingerprint density at radius 2 is 1.88 bits per heavy atom. The number of nitrogens with two attached hydrogens (primary N) is 1. The molecule has 0 fully saturated rings. The number of esters is 1. The van der Waals surface area contributed by atoms with Gasteiger partial charge in [0, 0.05) is 0 Å². The number of fused-ring (bicyclic) bond motifs is 1. The molecule has 0 radical (unpaired) electrons. The van der Waals surface area contributed by atoms with Gasteiger partial charge in [-0.1, -0.05) is 0 Å². The molecule has 0 atom stereocenters. The molecular formula is C18H23N3O9S2. The average molecular weight is 490 g/mol. The van der Waals surface area contributed by atoms with Gasteiger partial charge in [-0.2, -0.15) is 0 Å². The molecule has 176 valence electrons. The number of carboxylic acids is 1. The number of amides is 1. The SMILES string of the molecule is CC(C)(C)OC(=O)N(CC(=O)O)CC(=O)OCCOc1ccc2nc(S(N)(=O)=O)sc2c1. The van der Waals surface area contributed by atoms with E-state index >= 15 is 0 Å². The number of carbonyl (C=O) groups is 3. The summed E-state index contributed by atoms with van der Waals surface area (Å²) >= 11 is 0.894. The van der Waals surface area contributed by atoms with E-state index in [-0.39, 0.29) is 17.6 Å². The lowest BCUT2D eigenvalue weighted by molar-refractivity contribution is -0.147. The number of sulfonamides is 1. The molecule has 1 aromatic carbocycles. The van der Waals surface area contributed by atoms with Crippen molar-refractivity contribution in [2.75, 3.05) is 26.3 Å². The maximum absolute atomic E-state index is 12.1. The van der Waals surface area contributed by atoms with Crippen molar-refractivity contribution >= 4 is 49.6 Å². The van der Waals surface area contributed by atoms with Crippen LogP contribution in [0.4, 0.5) is 4.79 Å². The number of carbonyl (C=O) groups excluding carboxylic acids is 2. The van der Waals surface area contributed by atoms with Gasteiger partial charge in [-0.15, -0.1) is 11.3 Å². The molecule has 2 aromatic rings. The van der Waals surface area contributed by atoms with Crippen LogP contribution in [0.2, 0.25) is 0 Å². The van der Waals surface area contributed by atoms with Gasteiger partial charge in [0.1, 0.15) is 37.7 Å². The van der Waals surface area contributed by atoms with Crippen LogP contribution in [-0.2, 0) is 29.1 Å². The highest BCUT2D eigenvalue weighted by Gasteiger charge is 2.26. The lowest BCUT2D eigenvalue weighted by Crippen LogP contribution is -2.43. The Morgan fingerprint density at radius 1 is 1.19 bits per heavy atom. The molecule has 32 heavy (non-hydrogen) atoms. The Hall–Kier alpha value is -2.97. The van der Waals surface area contributed by atoms with Crippen LogP contribution in [-0.4, -0.2) is 73.3 Å². The fourth-order valence-electron chi connectivity index (χ4n) is 2.29. The number of benzene rings is 1. The Labute approximate surface area is 187 Å². The number of hydrogen-bond acceptors (Lipinski definition) is 10. The van der Waals surface area contributed by atoms with Gasteiger partial charge in [-0.3, -0.25) is 14.5 Å². The largest absolute Gasteiger partial charge is 0.490 e. The van der Waals surface area contributed by atoms with Crippen LogP contribution in [0.5, 0.6) is 5.75 Å². The van der Waals surface area contributed by atoms with Crippen LogP contribution in [0, 0.1) is 0 Å². The lowest BCUT2D eigenvalue weighted by Gasteiger charge is -2.25. The van der Waals surface area contributed by atoms with E-state index < -0.39 is 46.7 Å². The molecule has 1 aromatic heterocycles. The molecule has 0 aliphatic rings. The predicted molar refractivity (Wildman–Crippen MR) is 113 cm³/mol. The molecule has 0 spiro atoms. The van der Waals surface area contributed by atoms with Crippen molar-refractivity contribution in [2.45, 2.75) is 30.7 Å². The van der Waals surface area contributed by atoms with E-state index in [9.17, 15) is 22.8 Å². The van der Waals surface area contributed by atoms with E-state index in [1.807, 2.05) is 0 Å². The minimum absolute atomic E-state index is 0.0382. The quantitative estimate of drug-likeness (QED) is 0.384. The first-order valence-corrected chi connectivity index (χ1v) is 11.5. The Morgan fingerprint density at radius 3 is 2.47 bits per heavy atom. The Balaban J connectivity index is 1.87. The average Bonchev–Trinajstić information content (AvgIpc) is 3.07. The molecule has 0 saturated heterocycles. The maximum atomic E-state index is 12.1. The van der Waals surface area contributed by atoms with Crippen molar-refractivity contribution in [3.8, 4) is 5.75 Å². The summed E-state index contributed by atoms with van der Waals surface area (Å²) in [5.74, 6) is -1.76. The summed E-state index contributed by atoms with van der Waals surface area (Å²) in [5, 5.41) is 14.0. The van der Waals surface area contributed by atoms with E-state index in [2.05, 4.69) is 4.98 Å². The van der Waals surface area contributed by atoms with E-state index in [0.717, 1.165) is 16.2 Å². The first-order valence-electron chi connectivity index (χ1n) is 9.16. The van der Waals surface area contributed by atoms with E-state index in [1.54, 1.807) is 39.0 Å². The number of rotatable bonds is 9. The summed E-state index contributed by atoms with van der Waals surface area (Å²) in [6.07, 6.45) is -0.954. The number of aliphatic carboxylic acids is 1. The molecule has 1 amide bonds. The molecule has 0 unspecified atom stereocenters. The van der Waals surface area contributed by atoms with Gasteiger partial charge in [0.2, 0.25) is 4.34 Å². The second-order valence-electron chi connectivity index (χ2n) is 7.45. The summed E-state index contributed by atoms with van der Waals surface area (Å²) in [5.41, 5.74) is -0.418. The molecule has 12 nitrogen and oxygen atoms in total. The third-order valence-electron chi connectivity index (χ3n) is 3.50. The number of carboxylic acid groups (broad SMARTS) is 1. The first-order chi connectivity index (χ1) is 14.7. The van der Waals surface area contributed by atoms with Gasteiger partial charge >= 0.3 is 18.0 Å². The predicted octanol–water partition coefficient (Wildman–Crippen LogP) is 1.19. The van der Waals surface area contributed by atoms with E-state index in [1.165, 1.54) is 0 Å². The van der Waals surface area contributed by atoms with Crippen LogP contribution in [0.3, 0.4) is 0 Å². The number of ether oxygens (including phenoxy) is 3. The highest BCUT2D eigenvalue weighted by Crippen LogP contribution is 2.28. The van der Waals surface area contributed by atoms with Crippen LogP contribution in [0.15, 0.2) is 22.5 Å². The van der Waals surface area contributed by atoms with Crippen LogP contribution in [0.25, 0.3) is 10.2 Å². The number of thiazole rings is 1. The molecule has 0 aliphatic heterocycles. The highest BCUT2D eigenvalue weighted by molar-refractivity contribution is 7.91. The number of hydrogen-bond donors (Lipinski definition) is 2. The van der Waals surface area contributed by atoms with Gasteiger partial charge in [0.15, 0.2) is 0 Å². The summed E-state index contributed by atoms with van der Waals surface area (Å²) in [6, 6.07) is 4.70. The topological polar surface area (TPSA) is 175 Å². The Kier molecular flexibility index (Phi) is 7.98. The van der Waals surface area contributed by atoms with Crippen molar-refractivity contribution in [3.05, 3.63) is 18.2 Å². The number of nitrogens with zero attached hydrogens (tertiary/aromatic N) is 2. The fourth-order valence-corrected chi connectivity index (χ4v) is 3.97. The molecule has 1 heterocycles. The van der Waals surface area contributed by atoms with E-state index in [0.29, 0.717) is 16.0 Å². The number of primary sulfonamides is 1. The normalized spacial score (nSPS) is 11.8. The van der Waals surface area contributed by atoms with Gasteiger partial charge in [0.05, 0.1) is 10.2 Å². The second kappa shape index (κ2) is 10.1. The molecule has 3 N–H and O–H groups in total. The lowest BCUT2D eigenvalue weighted by atomic mass is 10.2. The summed E-state index contributed by atoms with van der Waals surface area (Å²) in [7, 11) is -3.91. The third-order valence-corrected chi connectivity index (χ3v) is 5.83. The van der Waals surface area contributed by atoms with Crippen LogP contribution >= 0.6 is 11.3 Å². The minimum Gasteiger partial charge on any atom is -0.490 e. The smallest absolute Gasteiger partial charge is 0.411 e. The van der Waals surface area contributed by atoms with Crippen LogP contribution in [0.1, 0.15) is 20.8 Å². The second-order valence-corrected chi connectivity index (χ2v) is 10.2. The molecule has 0 aliphatic carbocycles. The molecule has 2 rings (SSSR count). The van der Waals surface area contributed by atoms with Gasteiger partial charge in [-0.05, 0) is 39.0 Å². The standard InChI is InChI=1S/C18H23N3O9S2/c1-18(2,3)30-17(25)21(9-14(22)23)10-15(24)29-7-6-28-11-4-5-12-13(8-11)31-16(20-12)32(19,26)27/h4-5,8H,6-7,9-10H2,1-3H3,(H,22,23)(H2,19,26,27). The zero-order valence-corrected chi connectivity index (χ0v) is 19.2. The molecular weight excluding hydrogens is 466 g/mol.